The molecule has 0 aliphatic heterocycles. The lowest BCUT2D eigenvalue weighted by Gasteiger charge is -2.15. The largest absolute Gasteiger partial charge is 0.358 e. The van der Waals surface area contributed by atoms with Gasteiger partial charge in [-0.2, -0.15) is 0 Å². The molecule has 2 N–H and O–H groups in total. The molecule has 3 heteroatoms. The maximum atomic E-state index is 5.55. The van der Waals surface area contributed by atoms with Crippen LogP contribution in [0.4, 0.5) is 5.69 Å². The molecule has 0 unspecified atom stereocenters. The van der Waals surface area contributed by atoms with Gasteiger partial charge in [0.15, 0.2) is 5.11 Å². The molecule has 0 saturated heterocycles. The van der Waals surface area contributed by atoms with Gasteiger partial charge in [0.05, 0.1) is 0 Å². The molecule has 4 aromatic rings. The number of para-hydroxylation sites is 1. The van der Waals surface area contributed by atoms with Crippen molar-refractivity contribution in [2.24, 2.45) is 0 Å². The van der Waals surface area contributed by atoms with Crippen molar-refractivity contribution in [3.8, 4) is 11.1 Å². The average Bonchev–Trinajstić information content (AvgIpc) is 2.73. The Kier molecular flexibility index (Phi) is 5.13. The molecule has 0 aliphatic rings. The van der Waals surface area contributed by atoms with Crippen molar-refractivity contribution in [1.29, 1.82) is 0 Å². The van der Waals surface area contributed by atoms with E-state index in [0.717, 1.165) is 16.8 Å². The van der Waals surface area contributed by atoms with Crippen molar-refractivity contribution in [2.45, 2.75) is 6.54 Å². The standard InChI is InChI=1S/C24H20N2S/c27-24(25-17-20-13-8-12-18-11-4-5-14-21(18)20)26-23-16-7-6-15-22(23)19-9-2-1-3-10-19/h1-16H,17H2,(H2,25,26,27). The SMILES string of the molecule is S=C(NCc1cccc2ccccc12)Nc1ccccc1-c1ccccc1. The van der Waals surface area contributed by atoms with E-state index >= 15 is 0 Å². The van der Waals surface area contributed by atoms with Gasteiger partial charge in [0, 0.05) is 17.8 Å². The molecule has 0 aromatic heterocycles. The van der Waals surface area contributed by atoms with Crippen molar-refractivity contribution >= 4 is 33.8 Å². The van der Waals surface area contributed by atoms with Gasteiger partial charge in [-0.3, -0.25) is 0 Å². The molecule has 0 heterocycles. The topological polar surface area (TPSA) is 24.1 Å². The van der Waals surface area contributed by atoms with E-state index in [1.807, 2.05) is 36.4 Å². The zero-order valence-corrected chi connectivity index (χ0v) is 15.7. The van der Waals surface area contributed by atoms with Crippen LogP contribution in [0.25, 0.3) is 21.9 Å². The molecule has 2 nitrogen and oxygen atoms in total. The van der Waals surface area contributed by atoms with Crippen molar-refractivity contribution in [1.82, 2.24) is 5.32 Å². The summed E-state index contributed by atoms with van der Waals surface area (Å²) in [5, 5.41) is 9.79. The van der Waals surface area contributed by atoms with E-state index in [4.69, 9.17) is 12.2 Å². The first-order valence-electron chi connectivity index (χ1n) is 8.97. The van der Waals surface area contributed by atoms with E-state index < -0.39 is 0 Å². The van der Waals surface area contributed by atoms with Crippen LogP contribution in [0.15, 0.2) is 97.1 Å². The highest BCUT2D eigenvalue weighted by Crippen LogP contribution is 2.27. The average molecular weight is 369 g/mol. The van der Waals surface area contributed by atoms with Crippen molar-refractivity contribution in [2.75, 3.05) is 5.32 Å². The second-order valence-electron chi connectivity index (χ2n) is 6.36. The van der Waals surface area contributed by atoms with Crippen LogP contribution in [-0.4, -0.2) is 5.11 Å². The Morgan fingerprint density at radius 2 is 1.41 bits per heavy atom. The molecule has 4 aromatic carbocycles. The molecule has 0 aliphatic carbocycles. The van der Waals surface area contributed by atoms with Gasteiger partial charge in [-0.15, -0.1) is 0 Å². The summed E-state index contributed by atoms with van der Waals surface area (Å²) in [4.78, 5) is 0. The van der Waals surface area contributed by atoms with E-state index in [9.17, 15) is 0 Å². The third kappa shape index (κ3) is 3.99. The first-order valence-corrected chi connectivity index (χ1v) is 9.38. The van der Waals surface area contributed by atoms with E-state index in [-0.39, 0.29) is 0 Å². The summed E-state index contributed by atoms with van der Waals surface area (Å²) in [6, 6.07) is 33.3. The number of rotatable bonds is 4. The van der Waals surface area contributed by atoms with Crippen LogP contribution in [0.3, 0.4) is 0 Å². The lowest BCUT2D eigenvalue weighted by Crippen LogP contribution is -2.28. The predicted octanol–water partition coefficient (Wildman–Crippen LogP) is 5.99. The minimum Gasteiger partial charge on any atom is -0.358 e. The highest BCUT2D eigenvalue weighted by molar-refractivity contribution is 7.80. The molecule has 0 atom stereocenters. The quantitative estimate of drug-likeness (QED) is 0.432. The van der Waals surface area contributed by atoms with E-state index in [0.29, 0.717) is 11.7 Å². The third-order valence-corrected chi connectivity index (χ3v) is 4.83. The highest BCUT2D eigenvalue weighted by atomic mass is 32.1. The monoisotopic (exact) mass is 368 g/mol. The Morgan fingerprint density at radius 3 is 2.30 bits per heavy atom. The number of nitrogens with one attached hydrogen (secondary N) is 2. The van der Waals surface area contributed by atoms with Crippen molar-refractivity contribution in [3.05, 3.63) is 103 Å². The Labute approximate surface area is 164 Å². The fraction of sp³-hybridized carbons (Fsp3) is 0.0417. The van der Waals surface area contributed by atoms with E-state index in [1.54, 1.807) is 0 Å². The lowest BCUT2D eigenvalue weighted by atomic mass is 10.0. The third-order valence-electron chi connectivity index (χ3n) is 4.58. The Balaban J connectivity index is 1.49. The molecule has 0 amide bonds. The van der Waals surface area contributed by atoms with E-state index in [2.05, 4.69) is 71.3 Å². The van der Waals surface area contributed by atoms with Gasteiger partial charge in [0.1, 0.15) is 0 Å². The fourth-order valence-electron chi connectivity index (χ4n) is 3.25. The number of benzene rings is 4. The number of fused-ring (bicyclic) bond motifs is 1. The predicted molar refractivity (Wildman–Crippen MR) is 119 cm³/mol. The number of anilines is 1. The van der Waals surface area contributed by atoms with Gasteiger partial charge in [0.2, 0.25) is 0 Å². The van der Waals surface area contributed by atoms with Crippen LogP contribution in [-0.2, 0) is 6.54 Å². The fourth-order valence-corrected chi connectivity index (χ4v) is 3.43. The smallest absolute Gasteiger partial charge is 0.171 e. The van der Waals surface area contributed by atoms with Crippen LogP contribution in [0.5, 0.6) is 0 Å². The minimum atomic E-state index is 0.617. The molecule has 132 valence electrons. The summed E-state index contributed by atoms with van der Waals surface area (Å²) >= 11 is 5.55. The number of hydrogen-bond donors (Lipinski definition) is 2. The Morgan fingerprint density at radius 1 is 0.704 bits per heavy atom. The zero-order valence-electron chi connectivity index (χ0n) is 14.9. The Hall–Kier alpha value is -3.17. The normalized spacial score (nSPS) is 10.5. The van der Waals surface area contributed by atoms with Crippen LogP contribution in [0.2, 0.25) is 0 Å². The summed E-state index contributed by atoms with van der Waals surface area (Å²) in [5.41, 5.74) is 4.53. The first kappa shape index (κ1) is 17.3. The van der Waals surface area contributed by atoms with Crippen LogP contribution < -0.4 is 10.6 Å². The number of thiocarbonyl (C=S) groups is 1. The van der Waals surface area contributed by atoms with Gasteiger partial charge in [0.25, 0.3) is 0 Å². The van der Waals surface area contributed by atoms with Crippen molar-refractivity contribution in [3.63, 3.8) is 0 Å². The first-order chi connectivity index (χ1) is 13.3. The van der Waals surface area contributed by atoms with Gasteiger partial charge >= 0.3 is 0 Å². The lowest BCUT2D eigenvalue weighted by molar-refractivity contribution is 0.935. The van der Waals surface area contributed by atoms with Gasteiger partial charge < -0.3 is 10.6 Å². The molecule has 27 heavy (non-hydrogen) atoms. The van der Waals surface area contributed by atoms with Crippen LogP contribution >= 0.6 is 12.2 Å². The summed E-state index contributed by atoms with van der Waals surface area (Å²) in [7, 11) is 0. The van der Waals surface area contributed by atoms with E-state index in [1.165, 1.54) is 16.3 Å². The van der Waals surface area contributed by atoms with Crippen LogP contribution in [0.1, 0.15) is 5.56 Å². The second-order valence-corrected chi connectivity index (χ2v) is 6.77. The second kappa shape index (κ2) is 8.02. The number of hydrogen-bond acceptors (Lipinski definition) is 1. The maximum Gasteiger partial charge on any atom is 0.171 e. The van der Waals surface area contributed by atoms with Crippen molar-refractivity contribution < 1.29 is 0 Å². The molecule has 0 radical (unpaired) electrons. The summed E-state index contributed by atoms with van der Waals surface area (Å²) in [6.45, 7) is 0.681. The summed E-state index contributed by atoms with van der Waals surface area (Å²) in [5.74, 6) is 0. The minimum absolute atomic E-state index is 0.617. The molecular weight excluding hydrogens is 348 g/mol. The maximum absolute atomic E-state index is 5.55. The van der Waals surface area contributed by atoms with Gasteiger partial charge in [-0.1, -0.05) is 91.0 Å². The molecule has 4 rings (SSSR count). The molecule has 0 spiro atoms. The molecule has 0 bridgehead atoms. The Bertz CT molecular complexity index is 1070. The summed E-state index contributed by atoms with van der Waals surface area (Å²) in [6.07, 6.45) is 0. The summed E-state index contributed by atoms with van der Waals surface area (Å²) < 4.78 is 0. The molecule has 0 fully saturated rings. The van der Waals surface area contributed by atoms with Gasteiger partial charge in [-0.05, 0) is 40.2 Å². The zero-order chi connectivity index (χ0) is 18.5. The molecular formula is C24H20N2S. The van der Waals surface area contributed by atoms with Crippen LogP contribution in [0, 0.1) is 0 Å². The molecule has 0 saturated carbocycles. The highest BCUT2D eigenvalue weighted by Gasteiger charge is 2.06. The van der Waals surface area contributed by atoms with Gasteiger partial charge in [-0.25, -0.2) is 0 Å².